The molecule has 2 aliphatic rings. The van der Waals surface area contributed by atoms with Gasteiger partial charge in [0, 0.05) is 11.8 Å². The molecule has 1 heteroatoms. The summed E-state index contributed by atoms with van der Waals surface area (Å²) in [4.78, 5) is 0. The largest absolute Gasteiger partial charge is 0.512 e. The molecule has 0 aromatic rings. The standard InChI is InChI=1S/C9H12O/c1-2-8-6-3-4-7(5-6)9(8)10/h3-4,6-7,10H,2,5H2,1H3. The van der Waals surface area contributed by atoms with Crippen LogP contribution in [0.1, 0.15) is 19.8 Å². The first-order chi connectivity index (χ1) is 4.83. The quantitative estimate of drug-likeness (QED) is 0.549. The number of hydrogen-bond acceptors (Lipinski definition) is 1. The van der Waals surface area contributed by atoms with Gasteiger partial charge in [0.15, 0.2) is 0 Å². The van der Waals surface area contributed by atoms with Gasteiger partial charge in [0.25, 0.3) is 0 Å². The van der Waals surface area contributed by atoms with Crippen LogP contribution in [0.15, 0.2) is 23.5 Å². The number of allylic oxidation sites excluding steroid dienone is 3. The van der Waals surface area contributed by atoms with Crippen molar-refractivity contribution in [3.05, 3.63) is 23.5 Å². The van der Waals surface area contributed by atoms with E-state index in [-0.39, 0.29) is 0 Å². The summed E-state index contributed by atoms with van der Waals surface area (Å²) in [5.74, 6) is 1.62. The summed E-state index contributed by atoms with van der Waals surface area (Å²) < 4.78 is 0. The second kappa shape index (κ2) is 1.88. The molecule has 0 heterocycles. The lowest BCUT2D eigenvalue weighted by atomic mass is 10.0. The first kappa shape index (κ1) is 6.02. The third-order valence-corrected chi connectivity index (χ3v) is 2.59. The fraction of sp³-hybridized carbons (Fsp3) is 0.556. The number of rotatable bonds is 1. The van der Waals surface area contributed by atoms with Crippen LogP contribution in [0, 0.1) is 11.8 Å². The summed E-state index contributed by atoms with van der Waals surface area (Å²) in [7, 11) is 0. The average Bonchev–Trinajstić information content (AvgIpc) is 2.46. The molecule has 0 saturated carbocycles. The Morgan fingerprint density at radius 3 is 2.60 bits per heavy atom. The minimum absolute atomic E-state index is 0.375. The Morgan fingerprint density at radius 1 is 1.50 bits per heavy atom. The van der Waals surface area contributed by atoms with Crippen LogP contribution in [0.4, 0.5) is 0 Å². The smallest absolute Gasteiger partial charge is 0.0989 e. The van der Waals surface area contributed by atoms with Gasteiger partial charge in [0.1, 0.15) is 0 Å². The van der Waals surface area contributed by atoms with E-state index < -0.39 is 0 Å². The molecule has 1 nitrogen and oxygen atoms in total. The van der Waals surface area contributed by atoms with E-state index in [1.165, 1.54) is 5.57 Å². The first-order valence-electron chi connectivity index (χ1n) is 3.93. The summed E-state index contributed by atoms with van der Waals surface area (Å²) in [5, 5.41) is 9.51. The van der Waals surface area contributed by atoms with E-state index in [0.717, 1.165) is 12.8 Å². The summed E-state index contributed by atoms with van der Waals surface area (Å²) in [6, 6.07) is 0. The molecule has 1 N–H and O–H groups in total. The normalized spacial score (nSPS) is 36.1. The lowest BCUT2D eigenvalue weighted by Crippen LogP contribution is -1.96. The summed E-state index contributed by atoms with van der Waals surface area (Å²) in [5.41, 5.74) is 1.27. The van der Waals surface area contributed by atoms with Crippen LogP contribution in [0.25, 0.3) is 0 Å². The highest BCUT2D eigenvalue weighted by atomic mass is 16.3. The molecule has 0 aliphatic heterocycles. The maximum Gasteiger partial charge on any atom is 0.0989 e. The Bertz CT molecular complexity index is 213. The van der Waals surface area contributed by atoms with Gasteiger partial charge in [-0.25, -0.2) is 0 Å². The summed E-state index contributed by atoms with van der Waals surface area (Å²) >= 11 is 0. The van der Waals surface area contributed by atoms with Gasteiger partial charge in [0.05, 0.1) is 5.76 Å². The number of aliphatic hydroxyl groups excluding tert-OH is 1. The maximum atomic E-state index is 9.51. The number of hydrogen-bond donors (Lipinski definition) is 1. The topological polar surface area (TPSA) is 20.2 Å². The van der Waals surface area contributed by atoms with E-state index >= 15 is 0 Å². The van der Waals surface area contributed by atoms with Gasteiger partial charge in [-0.15, -0.1) is 0 Å². The molecule has 2 aliphatic carbocycles. The highest BCUT2D eigenvalue weighted by molar-refractivity contribution is 5.33. The Morgan fingerprint density at radius 2 is 2.20 bits per heavy atom. The fourth-order valence-electron chi connectivity index (χ4n) is 2.03. The van der Waals surface area contributed by atoms with Crippen LogP contribution < -0.4 is 0 Å². The molecule has 0 fully saturated rings. The highest BCUT2D eigenvalue weighted by Crippen LogP contribution is 2.43. The molecule has 10 heavy (non-hydrogen) atoms. The van der Waals surface area contributed by atoms with Crippen molar-refractivity contribution in [2.24, 2.45) is 11.8 Å². The van der Waals surface area contributed by atoms with Gasteiger partial charge in [-0.1, -0.05) is 19.1 Å². The molecule has 0 spiro atoms. The summed E-state index contributed by atoms with van der Waals surface area (Å²) in [6.07, 6.45) is 6.49. The van der Waals surface area contributed by atoms with Gasteiger partial charge in [-0.2, -0.15) is 0 Å². The van der Waals surface area contributed by atoms with Crippen molar-refractivity contribution in [1.29, 1.82) is 0 Å². The second-order valence-electron chi connectivity index (χ2n) is 3.10. The molecule has 0 radical (unpaired) electrons. The molecule has 0 amide bonds. The number of fused-ring (bicyclic) bond motifs is 2. The molecule has 2 rings (SSSR count). The molecular weight excluding hydrogens is 124 g/mol. The van der Waals surface area contributed by atoms with Crippen molar-refractivity contribution in [2.45, 2.75) is 19.8 Å². The van der Waals surface area contributed by atoms with Crippen LogP contribution in [0.5, 0.6) is 0 Å². The average molecular weight is 136 g/mol. The maximum absolute atomic E-state index is 9.51. The van der Waals surface area contributed by atoms with Crippen molar-refractivity contribution in [3.8, 4) is 0 Å². The SMILES string of the molecule is CCC1=C(O)C2C=CC1C2. The van der Waals surface area contributed by atoms with Gasteiger partial charge in [-0.3, -0.25) is 0 Å². The van der Waals surface area contributed by atoms with Gasteiger partial charge in [-0.05, 0) is 18.4 Å². The zero-order chi connectivity index (χ0) is 7.14. The van der Waals surface area contributed by atoms with Crippen LogP contribution in [-0.4, -0.2) is 5.11 Å². The third-order valence-electron chi connectivity index (χ3n) is 2.59. The Kier molecular flexibility index (Phi) is 1.13. The van der Waals surface area contributed by atoms with Crippen molar-refractivity contribution >= 4 is 0 Å². The first-order valence-corrected chi connectivity index (χ1v) is 3.93. The molecule has 0 saturated heterocycles. The van der Waals surface area contributed by atoms with Crippen molar-refractivity contribution < 1.29 is 5.11 Å². The zero-order valence-electron chi connectivity index (χ0n) is 6.17. The minimum Gasteiger partial charge on any atom is -0.512 e. The monoisotopic (exact) mass is 136 g/mol. The van der Waals surface area contributed by atoms with E-state index in [1.807, 2.05) is 0 Å². The molecule has 54 valence electrons. The van der Waals surface area contributed by atoms with Crippen LogP contribution in [0.2, 0.25) is 0 Å². The van der Waals surface area contributed by atoms with Crippen molar-refractivity contribution in [3.63, 3.8) is 0 Å². The van der Waals surface area contributed by atoms with E-state index in [9.17, 15) is 5.11 Å². The molecule has 0 aromatic carbocycles. The number of aliphatic hydroxyl groups is 1. The molecule has 2 atom stereocenters. The van der Waals surface area contributed by atoms with E-state index in [1.54, 1.807) is 0 Å². The van der Waals surface area contributed by atoms with Crippen molar-refractivity contribution in [1.82, 2.24) is 0 Å². The summed E-state index contributed by atoms with van der Waals surface area (Å²) in [6.45, 7) is 2.11. The van der Waals surface area contributed by atoms with E-state index in [4.69, 9.17) is 0 Å². The van der Waals surface area contributed by atoms with E-state index in [0.29, 0.717) is 17.6 Å². The minimum atomic E-state index is 0.375. The predicted molar refractivity (Wildman–Crippen MR) is 40.7 cm³/mol. The van der Waals surface area contributed by atoms with Crippen LogP contribution >= 0.6 is 0 Å². The van der Waals surface area contributed by atoms with Crippen LogP contribution in [0.3, 0.4) is 0 Å². The van der Waals surface area contributed by atoms with Crippen LogP contribution in [-0.2, 0) is 0 Å². The van der Waals surface area contributed by atoms with Crippen molar-refractivity contribution in [2.75, 3.05) is 0 Å². The Balaban J connectivity index is 2.33. The predicted octanol–water partition coefficient (Wildman–Crippen LogP) is 2.41. The van der Waals surface area contributed by atoms with Gasteiger partial charge in [0.2, 0.25) is 0 Å². The third kappa shape index (κ3) is 0.578. The zero-order valence-corrected chi connectivity index (χ0v) is 6.17. The van der Waals surface area contributed by atoms with Gasteiger partial charge < -0.3 is 5.11 Å². The lowest BCUT2D eigenvalue weighted by Gasteiger charge is -2.08. The molecule has 2 unspecified atom stereocenters. The molecule has 0 aromatic heterocycles. The fourth-order valence-corrected chi connectivity index (χ4v) is 2.03. The Hall–Kier alpha value is -0.720. The highest BCUT2D eigenvalue weighted by Gasteiger charge is 2.33. The van der Waals surface area contributed by atoms with E-state index in [2.05, 4.69) is 19.1 Å². The molecular formula is C9H12O. The Labute approximate surface area is 61.1 Å². The van der Waals surface area contributed by atoms with Gasteiger partial charge >= 0.3 is 0 Å². The second-order valence-corrected chi connectivity index (χ2v) is 3.10. The molecule has 2 bridgehead atoms. The lowest BCUT2D eigenvalue weighted by molar-refractivity contribution is 0.363.